The van der Waals surface area contributed by atoms with Gasteiger partial charge in [-0.3, -0.25) is 14.2 Å². The SMILES string of the molecule is Cc1ccc(-n2c(SC3CCCCNC3=O)nc3ccccc3c2=O)c(C)c1. The lowest BCUT2D eigenvalue weighted by molar-refractivity contribution is -0.120. The fourth-order valence-electron chi connectivity index (χ4n) is 3.61. The largest absolute Gasteiger partial charge is 0.355 e. The smallest absolute Gasteiger partial charge is 0.266 e. The highest BCUT2D eigenvalue weighted by Gasteiger charge is 2.25. The topological polar surface area (TPSA) is 64.0 Å². The molecule has 3 aromatic rings. The van der Waals surface area contributed by atoms with E-state index < -0.39 is 0 Å². The summed E-state index contributed by atoms with van der Waals surface area (Å²) in [6.07, 6.45) is 2.75. The van der Waals surface area contributed by atoms with Gasteiger partial charge in [0.15, 0.2) is 5.16 Å². The fourth-order valence-corrected chi connectivity index (χ4v) is 4.78. The zero-order valence-electron chi connectivity index (χ0n) is 16.1. The number of fused-ring (bicyclic) bond motifs is 1. The second-order valence-corrected chi connectivity index (χ2v) is 8.41. The highest BCUT2D eigenvalue weighted by atomic mass is 32.2. The molecule has 1 aliphatic heterocycles. The Bertz CT molecular complexity index is 1110. The Balaban J connectivity index is 1.90. The van der Waals surface area contributed by atoms with Crippen molar-refractivity contribution in [2.24, 2.45) is 0 Å². The van der Waals surface area contributed by atoms with Gasteiger partial charge in [0, 0.05) is 6.54 Å². The minimum absolute atomic E-state index is 0.0251. The summed E-state index contributed by atoms with van der Waals surface area (Å²) in [5, 5.41) is 3.87. The van der Waals surface area contributed by atoms with E-state index in [1.807, 2.05) is 44.2 Å². The number of rotatable bonds is 3. The maximum absolute atomic E-state index is 13.4. The first-order valence-electron chi connectivity index (χ1n) is 9.58. The van der Waals surface area contributed by atoms with E-state index in [0.717, 1.165) is 36.1 Å². The summed E-state index contributed by atoms with van der Waals surface area (Å²) in [5.41, 5.74) is 3.51. The minimum Gasteiger partial charge on any atom is -0.355 e. The normalized spacial score (nSPS) is 17.4. The van der Waals surface area contributed by atoms with Gasteiger partial charge in [0.1, 0.15) is 0 Å². The van der Waals surface area contributed by atoms with Gasteiger partial charge in [-0.05, 0) is 50.5 Å². The Morgan fingerprint density at radius 3 is 2.75 bits per heavy atom. The van der Waals surface area contributed by atoms with E-state index in [2.05, 4.69) is 11.4 Å². The van der Waals surface area contributed by atoms with Crippen molar-refractivity contribution in [3.63, 3.8) is 0 Å². The average molecular weight is 394 g/mol. The van der Waals surface area contributed by atoms with E-state index in [1.54, 1.807) is 10.6 Å². The molecule has 1 fully saturated rings. The van der Waals surface area contributed by atoms with Gasteiger partial charge in [0.05, 0.1) is 21.8 Å². The van der Waals surface area contributed by atoms with Crippen molar-refractivity contribution in [3.8, 4) is 5.69 Å². The molecule has 5 nitrogen and oxygen atoms in total. The summed E-state index contributed by atoms with van der Waals surface area (Å²) >= 11 is 1.39. The predicted molar refractivity (Wildman–Crippen MR) is 113 cm³/mol. The lowest BCUT2D eigenvalue weighted by Crippen LogP contribution is -2.31. The number of hydrogen-bond donors (Lipinski definition) is 1. The molecule has 4 rings (SSSR count). The van der Waals surface area contributed by atoms with E-state index in [-0.39, 0.29) is 16.7 Å². The lowest BCUT2D eigenvalue weighted by atomic mass is 10.1. The molecular weight excluding hydrogens is 370 g/mol. The van der Waals surface area contributed by atoms with Crippen LogP contribution >= 0.6 is 11.8 Å². The number of thioether (sulfide) groups is 1. The van der Waals surface area contributed by atoms with Gasteiger partial charge in [-0.25, -0.2) is 4.98 Å². The summed E-state index contributed by atoms with van der Waals surface area (Å²) < 4.78 is 1.67. The zero-order valence-corrected chi connectivity index (χ0v) is 16.9. The van der Waals surface area contributed by atoms with E-state index >= 15 is 0 Å². The molecule has 1 aliphatic rings. The van der Waals surface area contributed by atoms with Gasteiger partial charge >= 0.3 is 0 Å². The first kappa shape index (κ1) is 18.7. The molecule has 0 bridgehead atoms. The number of nitrogens with zero attached hydrogens (tertiary/aromatic N) is 2. The number of carbonyl (C=O) groups is 1. The molecule has 1 aromatic heterocycles. The quantitative estimate of drug-likeness (QED) is 0.688. The van der Waals surface area contributed by atoms with Crippen LogP contribution in [0.3, 0.4) is 0 Å². The van der Waals surface area contributed by atoms with E-state index in [9.17, 15) is 9.59 Å². The molecule has 1 saturated heterocycles. The average Bonchev–Trinajstić information content (AvgIpc) is 2.88. The van der Waals surface area contributed by atoms with Crippen LogP contribution in [-0.4, -0.2) is 27.3 Å². The number of carbonyl (C=O) groups excluding carboxylic acids is 1. The molecule has 0 saturated carbocycles. The molecule has 0 radical (unpaired) electrons. The standard InChI is InChI=1S/C22H23N3O2S/c1-14-10-11-18(15(2)13-14)25-21(27)16-7-3-4-8-17(16)24-22(25)28-19-9-5-6-12-23-20(19)26/h3-4,7-8,10-11,13,19H,5-6,9,12H2,1-2H3,(H,23,26). The van der Waals surface area contributed by atoms with Gasteiger partial charge in [-0.1, -0.05) is 48.0 Å². The number of amides is 1. The molecule has 1 N–H and O–H groups in total. The highest BCUT2D eigenvalue weighted by molar-refractivity contribution is 8.00. The Morgan fingerprint density at radius 2 is 1.93 bits per heavy atom. The number of nitrogens with one attached hydrogen (secondary N) is 1. The first-order valence-corrected chi connectivity index (χ1v) is 10.5. The second kappa shape index (κ2) is 7.80. The molecule has 28 heavy (non-hydrogen) atoms. The number of para-hydroxylation sites is 1. The van der Waals surface area contributed by atoms with Crippen molar-refractivity contribution < 1.29 is 4.79 Å². The van der Waals surface area contributed by atoms with Crippen LogP contribution in [0.4, 0.5) is 0 Å². The maximum atomic E-state index is 13.4. The molecule has 1 unspecified atom stereocenters. The molecule has 1 atom stereocenters. The summed E-state index contributed by atoms with van der Waals surface area (Å²) in [4.78, 5) is 30.6. The van der Waals surface area contributed by atoms with Crippen LogP contribution < -0.4 is 10.9 Å². The Labute approximate surface area is 168 Å². The number of benzene rings is 2. The van der Waals surface area contributed by atoms with Crippen molar-refractivity contribution in [1.29, 1.82) is 0 Å². The first-order chi connectivity index (χ1) is 13.5. The van der Waals surface area contributed by atoms with Crippen LogP contribution in [0.15, 0.2) is 52.4 Å². The van der Waals surface area contributed by atoms with Crippen LogP contribution in [-0.2, 0) is 4.79 Å². The van der Waals surface area contributed by atoms with Gasteiger partial charge in [-0.15, -0.1) is 0 Å². The Hall–Kier alpha value is -2.60. The molecular formula is C22H23N3O2S. The Kier molecular flexibility index (Phi) is 5.22. The van der Waals surface area contributed by atoms with Crippen molar-refractivity contribution >= 4 is 28.6 Å². The van der Waals surface area contributed by atoms with Crippen molar-refractivity contribution in [2.45, 2.75) is 43.5 Å². The number of hydrogen-bond acceptors (Lipinski definition) is 4. The van der Waals surface area contributed by atoms with Crippen LogP contribution in [0.25, 0.3) is 16.6 Å². The molecule has 6 heteroatoms. The summed E-state index contributed by atoms with van der Waals surface area (Å²) in [5.74, 6) is 0.0251. The maximum Gasteiger partial charge on any atom is 0.266 e. The van der Waals surface area contributed by atoms with Gasteiger partial charge in [0.25, 0.3) is 5.56 Å². The third kappa shape index (κ3) is 3.56. The van der Waals surface area contributed by atoms with Crippen LogP contribution in [0.5, 0.6) is 0 Å². The Morgan fingerprint density at radius 1 is 1.11 bits per heavy atom. The second-order valence-electron chi connectivity index (χ2n) is 7.24. The highest BCUT2D eigenvalue weighted by Crippen LogP contribution is 2.29. The fraction of sp³-hybridized carbons (Fsp3) is 0.318. The molecule has 0 spiro atoms. The van der Waals surface area contributed by atoms with Crippen molar-refractivity contribution in [3.05, 3.63) is 63.9 Å². The molecule has 144 valence electrons. The third-order valence-electron chi connectivity index (χ3n) is 5.07. The van der Waals surface area contributed by atoms with Crippen molar-refractivity contribution in [1.82, 2.24) is 14.9 Å². The van der Waals surface area contributed by atoms with Gasteiger partial charge in [0.2, 0.25) is 5.91 Å². The van der Waals surface area contributed by atoms with Crippen LogP contribution in [0.1, 0.15) is 30.4 Å². The minimum atomic E-state index is -0.243. The lowest BCUT2D eigenvalue weighted by Gasteiger charge is -2.18. The number of aryl methyl sites for hydroxylation is 2. The third-order valence-corrected chi connectivity index (χ3v) is 6.29. The van der Waals surface area contributed by atoms with E-state index in [4.69, 9.17) is 4.98 Å². The van der Waals surface area contributed by atoms with Crippen LogP contribution in [0, 0.1) is 13.8 Å². The summed E-state index contributed by atoms with van der Waals surface area (Å²) in [6.45, 7) is 4.74. The van der Waals surface area contributed by atoms with E-state index in [1.165, 1.54) is 11.8 Å². The molecule has 2 aromatic carbocycles. The zero-order chi connectivity index (χ0) is 19.7. The van der Waals surface area contributed by atoms with Crippen LogP contribution in [0.2, 0.25) is 0 Å². The summed E-state index contributed by atoms with van der Waals surface area (Å²) in [6, 6.07) is 13.4. The predicted octanol–water partition coefficient (Wildman–Crippen LogP) is 3.76. The van der Waals surface area contributed by atoms with Crippen molar-refractivity contribution in [2.75, 3.05) is 6.54 Å². The van der Waals surface area contributed by atoms with Gasteiger partial charge < -0.3 is 5.32 Å². The van der Waals surface area contributed by atoms with E-state index in [0.29, 0.717) is 22.6 Å². The van der Waals surface area contributed by atoms with Gasteiger partial charge in [-0.2, -0.15) is 0 Å². The molecule has 0 aliphatic carbocycles. The number of aromatic nitrogens is 2. The monoisotopic (exact) mass is 393 g/mol. The molecule has 2 heterocycles. The molecule has 1 amide bonds. The summed E-state index contributed by atoms with van der Waals surface area (Å²) in [7, 11) is 0.